The molecular formula is C31H35N3O8S. The van der Waals surface area contributed by atoms with Crippen molar-refractivity contribution >= 4 is 27.5 Å². The highest BCUT2D eigenvalue weighted by atomic mass is 32.1. The summed E-state index contributed by atoms with van der Waals surface area (Å²) in [6.45, 7) is 4.98. The number of methoxy groups -OCH3 is 2. The molecule has 1 saturated carbocycles. The van der Waals surface area contributed by atoms with Crippen LogP contribution in [-0.4, -0.2) is 53.6 Å². The summed E-state index contributed by atoms with van der Waals surface area (Å²) in [6.07, 6.45) is 4.51. The molecule has 0 bridgehead atoms. The minimum absolute atomic E-state index is 0.0684. The largest absolute Gasteiger partial charge is 0.496 e. The highest BCUT2D eigenvalue weighted by molar-refractivity contribution is 7.22. The van der Waals surface area contributed by atoms with Crippen LogP contribution in [0, 0.1) is 12.3 Å². The van der Waals surface area contributed by atoms with Crippen LogP contribution in [0.4, 0.5) is 0 Å². The smallest absolute Gasteiger partial charge is 0.332 e. The summed E-state index contributed by atoms with van der Waals surface area (Å²) in [4.78, 5) is 46.4. The number of ether oxygens (including phenoxy) is 4. The summed E-state index contributed by atoms with van der Waals surface area (Å²) >= 11 is 1.30. The molecule has 4 aromatic rings. The number of aromatic nitrogens is 3. The number of aryl methyl sites for hydroxylation is 1. The fourth-order valence-corrected chi connectivity index (χ4v) is 7.56. The molecule has 43 heavy (non-hydrogen) atoms. The Hall–Kier alpha value is -3.74. The van der Waals surface area contributed by atoms with Crippen LogP contribution in [0.2, 0.25) is 0 Å². The molecule has 0 amide bonds. The molecule has 2 aliphatic rings. The number of carbonyl (C=O) groups excluding carboxylic acids is 1. The molecule has 1 aromatic carbocycles. The van der Waals surface area contributed by atoms with Crippen molar-refractivity contribution in [1.29, 1.82) is 0 Å². The lowest BCUT2D eigenvalue weighted by Gasteiger charge is -2.43. The van der Waals surface area contributed by atoms with Crippen LogP contribution >= 0.6 is 11.3 Å². The van der Waals surface area contributed by atoms with Gasteiger partial charge in [-0.05, 0) is 51.2 Å². The fourth-order valence-electron chi connectivity index (χ4n) is 6.32. The predicted molar refractivity (Wildman–Crippen MR) is 160 cm³/mol. The van der Waals surface area contributed by atoms with E-state index in [9.17, 15) is 14.4 Å². The summed E-state index contributed by atoms with van der Waals surface area (Å²) in [5.41, 5.74) is -0.116. The van der Waals surface area contributed by atoms with Crippen LogP contribution in [-0.2, 0) is 25.5 Å². The normalized spacial score (nSPS) is 21.4. The Labute approximate surface area is 252 Å². The molecule has 0 spiro atoms. The monoisotopic (exact) mass is 609 g/mol. The van der Waals surface area contributed by atoms with Crippen molar-refractivity contribution in [2.75, 3.05) is 27.4 Å². The van der Waals surface area contributed by atoms with Crippen LogP contribution < -0.4 is 16.0 Å². The molecule has 1 atom stereocenters. The van der Waals surface area contributed by atoms with Crippen LogP contribution in [0.5, 0.6) is 5.75 Å². The summed E-state index contributed by atoms with van der Waals surface area (Å²) in [7, 11) is 2.95. The number of oxazole rings is 1. The molecule has 0 radical (unpaired) electrons. The Balaban J connectivity index is 1.51. The first-order valence-corrected chi connectivity index (χ1v) is 15.2. The lowest BCUT2D eigenvalue weighted by atomic mass is 9.66. The maximum absolute atomic E-state index is 14.4. The molecule has 11 nitrogen and oxygen atoms in total. The molecule has 6 rings (SSSR count). The van der Waals surface area contributed by atoms with Gasteiger partial charge >= 0.3 is 11.7 Å². The van der Waals surface area contributed by atoms with Gasteiger partial charge in [-0.15, -0.1) is 11.3 Å². The minimum Gasteiger partial charge on any atom is -0.496 e. The zero-order chi connectivity index (χ0) is 30.3. The first kappa shape index (κ1) is 29.3. The molecule has 0 unspecified atom stereocenters. The van der Waals surface area contributed by atoms with E-state index in [1.807, 2.05) is 31.2 Å². The Kier molecular flexibility index (Phi) is 8.01. The van der Waals surface area contributed by atoms with Crippen molar-refractivity contribution in [1.82, 2.24) is 14.1 Å². The van der Waals surface area contributed by atoms with Crippen LogP contribution in [0.1, 0.15) is 55.9 Å². The van der Waals surface area contributed by atoms with E-state index in [1.165, 1.54) is 29.3 Å². The van der Waals surface area contributed by atoms with Gasteiger partial charge in [0.15, 0.2) is 0 Å². The average molecular weight is 610 g/mol. The van der Waals surface area contributed by atoms with Gasteiger partial charge in [-0.2, -0.15) is 0 Å². The number of esters is 1. The van der Waals surface area contributed by atoms with Gasteiger partial charge in [-0.3, -0.25) is 18.7 Å². The summed E-state index contributed by atoms with van der Waals surface area (Å²) in [5, 5.41) is 0.425. The van der Waals surface area contributed by atoms with E-state index in [1.54, 1.807) is 24.8 Å². The SMILES string of the molecule is COC(=O)C1(C)CC(n2c(=O)c3c(C)c(-c4ncco4)sc3n(C[C@H](OC3CCOCC3)c3ccccc3OC)c2=O)C1. The number of nitrogens with zero attached hydrogens (tertiary/aromatic N) is 3. The number of benzene rings is 1. The maximum atomic E-state index is 14.4. The van der Waals surface area contributed by atoms with E-state index in [0.717, 1.165) is 18.4 Å². The lowest BCUT2D eigenvalue weighted by Crippen LogP contribution is -2.51. The zero-order valence-electron chi connectivity index (χ0n) is 24.7. The van der Waals surface area contributed by atoms with Crippen molar-refractivity contribution in [2.45, 2.75) is 64.3 Å². The van der Waals surface area contributed by atoms with Crippen molar-refractivity contribution in [3.63, 3.8) is 0 Å². The van der Waals surface area contributed by atoms with E-state index in [0.29, 0.717) is 58.4 Å². The number of thiophene rings is 1. The van der Waals surface area contributed by atoms with Crippen LogP contribution in [0.25, 0.3) is 21.0 Å². The summed E-state index contributed by atoms with van der Waals surface area (Å²) in [5.74, 6) is 0.676. The van der Waals surface area contributed by atoms with Gasteiger partial charge in [-0.1, -0.05) is 18.2 Å². The van der Waals surface area contributed by atoms with Gasteiger partial charge < -0.3 is 23.4 Å². The van der Waals surface area contributed by atoms with Crippen LogP contribution in [0.3, 0.4) is 0 Å². The van der Waals surface area contributed by atoms with Crippen molar-refractivity contribution < 1.29 is 28.2 Å². The topological polar surface area (TPSA) is 124 Å². The first-order valence-electron chi connectivity index (χ1n) is 14.4. The molecule has 0 N–H and O–H groups in total. The summed E-state index contributed by atoms with van der Waals surface area (Å²) < 4.78 is 31.5. The molecule has 3 aromatic heterocycles. The number of carbonyl (C=O) groups is 1. The molecule has 4 heterocycles. The van der Waals surface area contributed by atoms with Crippen molar-refractivity contribution in [2.24, 2.45) is 5.41 Å². The number of hydrogen-bond acceptors (Lipinski definition) is 10. The van der Waals surface area contributed by atoms with Gasteiger partial charge in [0.1, 0.15) is 22.9 Å². The van der Waals surface area contributed by atoms with Gasteiger partial charge in [0, 0.05) is 24.8 Å². The minimum atomic E-state index is -0.760. The fraction of sp³-hybridized carbons (Fsp3) is 0.484. The van der Waals surface area contributed by atoms with Gasteiger partial charge in [-0.25, -0.2) is 9.78 Å². The second-order valence-electron chi connectivity index (χ2n) is 11.4. The second-order valence-corrected chi connectivity index (χ2v) is 12.4. The quantitative estimate of drug-likeness (QED) is 0.250. The third kappa shape index (κ3) is 5.21. The lowest BCUT2D eigenvalue weighted by molar-refractivity contribution is -0.159. The molecule has 1 aliphatic heterocycles. The Bertz CT molecular complexity index is 1740. The Morgan fingerprint density at radius 2 is 1.93 bits per heavy atom. The first-order chi connectivity index (χ1) is 20.8. The van der Waals surface area contributed by atoms with E-state index < -0.39 is 23.3 Å². The van der Waals surface area contributed by atoms with Gasteiger partial charge in [0.2, 0.25) is 5.89 Å². The second kappa shape index (κ2) is 11.7. The van der Waals surface area contributed by atoms with Gasteiger partial charge in [0.25, 0.3) is 5.56 Å². The molecule has 2 fully saturated rings. The average Bonchev–Trinajstić information content (AvgIpc) is 3.66. The molecule has 1 aliphatic carbocycles. The standard InChI is InChI=1S/C31H35N3O8S/c1-18-24-27(35)34(19-15-31(2,16-19)29(36)39-4)30(37)33(28(24)43-25(18)26-32-11-14-41-26)17-23(42-20-9-12-40-13-10-20)21-7-5-6-8-22(21)38-3/h5-8,11,14,19-20,23H,9-10,12-13,15-17H2,1-4H3/t19?,23-,31?/m0/s1. The zero-order valence-corrected chi connectivity index (χ0v) is 25.5. The highest BCUT2D eigenvalue weighted by Crippen LogP contribution is 2.48. The molecule has 12 heteroatoms. The van der Waals surface area contributed by atoms with E-state index >= 15 is 0 Å². The van der Waals surface area contributed by atoms with E-state index in [4.69, 9.17) is 23.4 Å². The Morgan fingerprint density at radius 3 is 2.60 bits per heavy atom. The van der Waals surface area contributed by atoms with E-state index in [-0.39, 0.29) is 24.2 Å². The maximum Gasteiger partial charge on any atom is 0.332 e. The highest BCUT2D eigenvalue weighted by Gasteiger charge is 2.49. The molecule has 1 saturated heterocycles. The van der Waals surface area contributed by atoms with Crippen molar-refractivity contribution in [3.8, 4) is 16.5 Å². The van der Waals surface area contributed by atoms with Gasteiger partial charge in [0.05, 0.1) is 48.7 Å². The third-order valence-corrected chi connectivity index (χ3v) is 9.95. The molecule has 228 valence electrons. The number of fused-ring (bicyclic) bond motifs is 1. The summed E-state index contributed by atoms with van der Waals surface area (Å²) in [6, 6.07) is 7.15. The number of rotatable bonds is 9. The Morgan fingerprint density at radius 1 is 1.19 bits per heavy atom. The predicted octanol–water partition coefficient (Wildman–Crippen LogP) is 4.65. The third-order valence-electron chi connectivity index (χ3n) is 8.64. The van der Waals surface area contributed by atoms with Crippen molar-refractivity contribution in [3.05, 3.63) is 68.7 Å². The van der Waals surface area contributed by atoms with Crippen LogP contribution in [0.15, 0.2) is 50.7 Å². The number of para-hydroxylation sites is 1. The van der Waals surface area contributed by atoms with E-state index in [2.05, 4.69) is 4.98 Å². The molecular weight excluding hydrogens is 574 g/mol. The number of hydrogen-bond donors (Lipinski definition) is 0.